The molecule has 2 heterocycles. The summed E-state index contributed by atoms with van der Waals surface area (Å²) in [6.07, 6.45) is 6.37. The minimum Gasteiger partial charge on any atom is -0.466 e. The molecule has 0 aliphatic carbocycles. The van der Waals surface area contributed by atoms with Crippen molar-refractivity contribution in [2.75, 3.05) is 19.4 Å². The number of hydrogen-bond donors (Lipinski definition) is 0. The third kappa shape index (κ3) is 5.54. The lowest BCUT2D eigenvalue weighted by molar-refractivity contribution is -0.145. The average Bonchev–Trinajstić information content (AvgIpc) is 2.91. The summed E-state index contributed by atoms with van der Waals surface area (Å²) in [7, 11) is -3.38. The fourth-order valence-corrected chi connectivity index (χ4v) is 4.33. The molecule has 7 nitrogen and oxygen atoms in total. The summed E-state index contributed by atoms with van der Waals surface area (Å²) in [5, 5.41) is 0.125. The smallest absolute Gasteiger partial charge is 0.307 e. The van der Waals surface area contributed by atoms with Crippen LogP contribution in [0.25, 0.3) is 0 Å². The van der Waals surface area contributed by atoms with Gasteiger partial charge in [-0.05, 0) is 32.2 Å². The predicted octanol–water partition coefficient (Wildman–Crippen LogP) is 2.25. The van der Waals surface area contributed by atoms with Crippen molar-refractivity contribution in [1.29, 1.82) is 0 Å². The Morgan fingerprint density at radius 3 is 2.73 bits per heavy atom. The number of likely N-dealkylation sites (tertiary alicyclic amines) is 1. The number of nitrogens with zero attached hydrogens (tertiary/aromatic N) is 3. The van der Waals surface area contributed by atoms with E-state index in [1.807, 2.05) is 11.5 Å². The maximum absolute atomic E-state index is 12.1. The molecule has 0 aromatic carbocycles. The maximum atomic E-state index is 12.1. The quantitative estimate of drug-likeness (QED) is 0.639. The monoisotopic (exact) mass is 385 g/mol. The fraction of sp³-hybridized carbons (Fsp3) is 0.778. The third-order valence-corrected chi connectivity index (χ3v) is 5.59. The van der Waals surface area contributed by atoms with Crippen LogP contribution in [0.2, 0.25) is 0 Å². The number of piperidine rings is 1. The van der Waals surface area contributed by atoms with Crippen LogP contribution in [0.1, 0.15) is 52.1 Å². The SMILES string of the molecule is CCOC(=O)CC1CCCCN1Cc1cnc(S(C)(=O)=O)n1CC(C)C. The minimum atomic E-state index is -3.38. The lowest BCUT2D eigenvalue weighted by atomic mass is 9.99. The van der Waals surface area contributed by atoms with Gasteiger partial charge in [0.05, 0.1) is 24.9 Å². The van der Waals surface area contributed by atoms with Crippen molar-refractivity contribution in [2.45, 2.75) is 70.7 Å². The lowest BCUT2D eigenvalue weighted by Crippen LogP contribution is -2.41. The predicted molar refractivity (Wildman–Crippen MR) is 99.5 cm³/mol. The Kier molecular flexibility index (Phi) is 7.23. The van der Waals surface area contributed by atoms with E-state index in [9.17, 15) is 13.2 Å². The molecule has 1 saturated heterocycles. The van der Waals surface area contributed by atoms with Crippen LogP contribution in [0.4, 0.5) is 0 Å². The van der Waals surface area contributed by atoms with E-state index >= 15 is 0 Å². The lowest BCUT2D eigenvalue weighted by Gasteiger charge is -2.35. The summed E-state index contributed by atoms with van der Waals surface area (Å²) in [6.45, 7) is 8.41. The van der Waals surface area contributed by atoms with Crippen molar-refractivity contribution in [3.05, 3.63) is 11.9 Å². The maximum Gasteiger partial charge on any atom is 0.307 e. The average molecular weight is 386 g/mol. The number of ether oxygens (including phenoxy) is 1. The van der Waals surface area contributed by atoms with Gasteiger partial charge in [-0.3, -0.25) is 9.69 Å². The molecular formula is C18H31N3O4S. The standard InChI is InChI=1S/C18H31N3O4S/c1-5-25-17(22)10-15-8-6-7-9-20(15)13-16-11-19-18(26(4,23)24)21(16)12-14(2)3/h11,14-15H,5-10,12-13H2,1-4H3. The molecule has 1 aromatic rings. The molecule has 0 spiro atoms. The van der Waals surface area contributed by atoms with E-state index in [1.165, 1.54) is 6.26 Å². The van der Waals surface area contributed by atoms with Crippen LogP contribution in [-0.4, -0.2) is 54.3 Å². The molecule has 1 aromatic heterocycles. The van der Waals surface area contributed by atoms with Gasteiger partial charge in [0.1, 0.15) is 0 Å². The first-order chi connectivity index (χ1) is 12.2. The first-order valence-electron chi connectivity index (χ1n) is 9.36. The second-order valence-corrected chi connectivity index (χ2v) is 9.35. The summed E-state index contributed by atoms with van der Waals surface area (Å²) in [4.78, 5) is 18.4. The van der Waals surface area contributed by atoms with E-state index in [4.69, 9.17) is 4.74 Å². The van der Waals surface area contributed by atoms with Gasteiger partial charge in [0.25, 0.3) is 0 Å². The van der Waals surface area contributed by atoms with Crippen LogP contribution in [0, 0.1) is 5.92 Å². The molecule has 0 amide bonds. The number of carbonyl (C=O) groups is 1. The van der Waals surface area contributed by atoms with Crippen LogP contribution in [0.5, 0.6) is 0 Å². The Balaban J connectivity index is 2.21. The Labute approximate surface area is 156 Å². The molecule has 2 rings (SSSR count). The highest BCUT2D eigenvalue weighted by Crippen LogP contribution is 2.24. The fourth-order valence-electron chi connectivity index (χ4n) is 3.49. The normalized spacial score (nSPS) is 19.0. The van der Waals surface area contributed by atoms with Crippen LogP contribution in [0.3, 0.4) is 0 Å². The van der Waals surface area contributed by atoms with Gasteiger partial charge in [0, 0.05) is 25.4 Å². The molecule has 0 N–H and O–H groups in total. The number of esters is 1. The zero-order valence-electron chi connectivity index (χ0n) is 16.3. The molecule has 1 aliphatic rings. The Hall–Kier alpha value is -1.41. The first-order valence-corrected chi connectivity index (χ1v) is 11.3. The Morgan fingerprint density at radius 1 is 1.38 bits per heavy atom. The number of imidazole rings is 1. The molecule has 148 valence electrons. The van der Waals surface area contributed by atoms with Gasteiger partial charge in [0.15, 0.2) is 0 Å². The van der Waals surface area contributed by atoms with Gasteiger partial charge in [-0.15, -0.1) is 0 Å². The number of rotatable bonds is 8. The van der Waals surface area contributed by atoms with Crippen molar-refractivity contribution in [3.63, 3.8) is 0 Å². The van der Waals surface area contributed by atoms with Gasteiger partial charge < -0.3 is 9.30 Å². The van der Waals surface area contributed by atoms with Crippen molar-refractivity contribution >= 4 is 15.8 Å². The first kappa shape index (κ1) is 20.9. The molecule has 1 fully saturated rings. The van der Waals surface area contributed by atoms with E-state index in [1.54, 1.807) is 6.20 Å². The van der Waals surface area contributed by atoms with E-state index < -0.39 is 9.84 Å². The topological polar surface area (TPSA) is 81.5 Å². The minimum absolute atomic E-state index is 0.125. The summed E-state index contributed by atoms with van der Waals surface area (Å²) in [5.41, 5.74) is 0.884. The summed E-state index contributed by atoms with van der Waals surface area (Å²) in [5.74, 6) is 0.136. The number of sulfone groups is 1. The molecule has 1 aliphatic heterocycles. The van der Waals surface area contributed by atoms with Crippen LogP contribution in [0.15, 0.2) is 11.4 Å². The Morgan fingerprint density at radius 2 is 2.12 bits per heavy atom. The molecule has 1 atom stereocenters. The summed E-state index contributed by atoms with van der Waals surface area (Å²) >= 11 is 0. The summed E-state index contributed by atoms with van der Waals surface area (Å²) < 4.78 is 31.1. The number of carbonyl (C=O) groups excluding carboxylic acids is 1. The van der Waals surface area contributed by atoms with Crippen molar-refractivity contribution in [3.8, 4) is 0 Å². The number of aromatic nitrogens is 2. The second-order valence-electron chi connectivity index (χ2n) is 7.44. The van der Waals surface area contributed by atoms with Crippen LogP contribution in [-0.2, 0) is 32.5 Å². The highest BCUT2D eigenvalue weighted by atomic mass is 32.2. The molecule has 0 bridgehead atoms. The van der Waals surface area contributed by atoms with E-state index in [0.717, 1.165) is 31.5 Å². The second kappa shape index (κ2) is 8.99. The van der Waals surface area contributed by atoms with Crippen LogP contribution < -0.4 is 0 Å². The highest BCUT2D eigenvalue weighted by molar-refractivity contribution is 7.90. The highest BCUT2D eigenvalue weighted by Gasteiger charge is 2.27. The molecule has 26 heavy (non-hydrogen) atoms. The van der Waals surface area contributed by atoms with E-state index in [-0.39, 0.29) is 17.2 Å². The van der Waals surface area contributed by atoms with Crippen molar-refractivity contribution < 1.29 is 17.9 Å². The van der Waals surface area contributed by atoms with Gasteiger partial charge in [-0.25, -0.2) is 13.4 Å². The van der Waals surface area contributed by atoms with E-state index in [2.05, 4.69) is 23.7 Å². The summed E-state index contributed by atoms with van der Waals surface area (Å²) in [6, 6.07) is 0.131. The third-order valence-electron chi connectivity index (χ3n) is 4.60. The zero-order chi connectivity index (χ0) is 19.3. The largest absolute Gasteiger partial charge is 0.466 e. The van der Waals surface area contributed by atoms with Crippen molar-refractivity contribution in [1.82, 2.24) is 14.5 Å². The van der Waals surface area contributed by atoms with Gasteiger partial charge in [0.2, 0.25) is 15.0 Å². The Bertz CT molecular complexity index is 712. The molecule has 8 heteroatoms. The van der Waals surface area contributed by atoms with Gasteiger partial charge in [-0.1, -0.05) is 20.3 Å². The number of hydrogen-bond acceptors (Lipinski definition) is 6. The molecule has 0 saturated carbocycles. The molecule has 0 radical (unpaired) electrons. The van der Waals surface area contributed by atoms with Crippen LogP contribution >= 0.6 is 0 Å². The van der Waals surface area contributed by atoms with Gasteiger partial charge >= 0.3 is 5.97 Å². The van der Waals surface area contributed by atoms with Crippen molar-refractivity contribution in [2.24, 2.45) is 5.92 Å². The molecular weight excluding hydrogens is 354 g/mol. The van der Waals surface area contributed by atoms with Gasteiger partial charge in [-0.2, -0.15) is 0 Å². The zero-order valence-corrected chi connectivity index (χ0v) is 17.1. The van der Waals surface area contributed by atoms with E-state index in [0.29, 0.717) is 32.0 Å². The molecule has 1 unspecified atom stereocenters.